The Morgan fingerprint density at radius 2 is 1.73 bits per heavy atom. The van der Waals surface area contributed by atoms with Crippen LogP contribution in [0.3, 0.4) is 0 Å². The predicted octanol–water partition coefficient (Wildman–Crippen LogP) is 3.81. The lowest BCUT2D eigenvalue weighted by Crippen LogP contribution is -2.54. The summed E-state index contributed by atoms with van der Waals surface area (Å²) in [4.78, 5) is 33.9. The van der Waals surface area contributed by atoms with Gasteiger partial charge in [-0.3, -0.25) is 0 Å². The summed E-state index contributed by atoms with van der Waals surface area (Å²) in [6, 6.07) is 4.21. The Morgan fingerprint density at radius 1 is 1.10 bits per heavy atom. The Bertz CT molecular complexity index is 1360. The number of amides is 2. The fraction of sp³-hybridized carbons (Fsp3) is 0.522. The molecule has 40 heavy (non-hydrogen) atoms. The molecule has 0 atom stereocenters. The average Bonchev–Trinajstić information content (AvgIpc) is 3.50. The van der Waals surface area contributed by atoms with Crippen molar-refractivity contribution in [3.05, 3.63) is 24.0 Å². The Kier molecular flexibility index (Phi) is 8.11. The number of fused-ring (bicyclic) bond motifs is 1. The maximum absolute atomic E-state index is 13.6. The number of carboxylic acids is 1. The van der Waals surface area contributed by atoms with Crippen LogP contribution in [0.15, 0.2) is 22.7 Å². The summed E-state index contributed by atoms with van der Waals surface area (Å²) in [7, 11) is 1.75. The van der Waals surface area contributed by atoms with E-state index in [0.717, 1.165) is 0 Å². The van der Waals surface area contributed by atoms with E-state index >= 15 is 0 Å². The molecule has 0 unspecified atom stereocenters. The van der Waals surface area contributed by atoms with Gasteiger partial charge in [-0.15, -0.1) is 0 Å². The number of hydrogen-bond acceptors (Lipinski definition) is 7. The van der Waals surface area contributed by atoms with E-state index in [1.807, 2.05) is 4.90 Å². The minimum atomic E-state index is -5.08. The van der Waals surface area contributed by atoms with Crippen molar-refractivity contribution in [1.82, 2.24) is 29.9 Å². The van der Waals surface area contributed by atoms with Crippen molar-refractivity contribution >= 4 is 29.0 Å². The summed E-state index contributed by atoms with van der Waals surface area (Å²) < 4.78 is 79.0. The lowest BCUT2D eigenvalue weighted by molar-refractivity contribution is -0.192. The summed E-state index contributed by atoms with van der Waals surface area (Å²) in [5.41, 5.74) is 1.25. The predicted molar refractivity (Wildman–Crippen MR) is 127 cm³/mol. The Labute approximate surface area is 222 Å². The first-order valence-electron chi connectivity index (χ1n) is 12.2. The number of carbonyl (C=O) groups excluding carboxylic acids is 1. The molecule has 1 saturated heterocycles. The van der Waals surface area contributed by atoms with Crippen LogP contribution < -0.4 is 10.2 Å². The molecule has 5 rings (SSSR count). The highest BCUT2D eigenvalue weighted by atomic mass is 19.4. The molecule has 3 heterocycles. The molecule has 218 valence electrons. The van der Waals surface area contributed by atoms with Gasteiger partial charge < -0.3 is 29.3 Å². The molecule has 1 aromatic carbocycles. The normalized spacial score (nSPS) is 17.9. The van der Waals surface area contributed by atoms with Gasteiger partial charge in [0.2, 0.25) is 11.7 Å². The summed E-state index contributed by atoms with van der Waals surface area (Å²) >= 11 is 0. The molecule has 1 saturated carbocycles. The Balaban J connectivity index is 0.000000470. The zero-order valence-corrected chi connectivity index (χ0v) is 21.1. The smallest absolute Gasteiger partial charge is 0.475 e. The van der Waals surface area contributed by atoms with Gasteiger partial charge in [0.05, 0.1) is 11.0 Å². The third kappa shape index (κ3) is 6.74. The standard InChI is InChI=1S/C21H24F3N7O2.C2HF3O2/c1-29-16-12-13(22)2-3-15(16)26-18(29)17-27-20(33-28-17)31-10-8-30(9-11-31)19(32)25-14-4-6-21(23,24)7-5-14;3-2(4,5)1(6)7/h2-3,12,14H,4-11H2,1H3,(H,25,32);(H,6,7). The van der Waals surface area contributed by atoms with E-state index < -0.39 is 18.1 Å². The number of aryl methyl sites for hydroxylation is 1. The van der Waals surface area contributed by atoms with E-state index in [9.17, 15) is 31.1 Å². The number of imidazole rings is 1. The third-order valence-corrected chi connectivity index (χ3v) is 6.58. The molecule has 17 heteroatoms. The lowest BCUT2D eigenvalue weighted by Gasteiger charge is -2.35. The average molecular weight is 577 g/mol. The van der Waals surface area contributed by atoms with Gasteiger partial charge in [-0.2, -0.15) is 18.2 Å². The van der Waals surface area contributed by atoms with E-state index in [0.29, 0.717) is 54.9 Å². The molecule has 0 radical (unpaired) electrons. The van der Waals surface area contributed by atoms with Gasteiger partial charge in [-0.05, 0) is 31.0 Å². The number of halogens is 6. The Morgan fingerprint density at radius 3 is 2.33 bits per heavy atom. The fourth-order valence-corrected chi connectivity index (χ4v) is 4.35. The molecule has 2 aliphatic rings. The molecule has 1 aliphatic carbocycles. The van der Waals surface area contributed by atoms with Gasteiger partial charge in [0.15, 0.2) is 5.82 Å². The quantitative estimate of drug-likeness (QED) is 0.450. The largest absolute Gasteiger partial charge is 0.490 e. The number of hydrogen-bond donors (Lipinski definition) is 2. The fourth-order valence-electron chi connectivity index (χ4n) is 4.35. The highest BCUT2D eigenvalue weighted by Crippen LogP contribution is 2.33. The van der Waals surface area contributed by atoms with Crippen LogP contribution in [0.1, 0.15) is 25.7 Å². The molecule has 2 N–H and O–H groups in total. The summed E-state index contributed by atoms with van der Waals surface area (Å²) in [5.74, 6) is -4.98. The van der Waals surface area contributed by atoms with Crippen LogP contribution in [-0.4, -0.2) is 86.0 Å². The number of rotatable bonds is 3. The van der Waals surface area contributed by atoms with E-state index in [1.54, 1.807) is 22.6 Å². The number of carbonyl (C=O) groups is 2. The second-order valence-corrected chi connectivity index (χ2v) is 9.38. The molecule has 0 spiro atoms. The molecule has 1 aliphatic heterocycles. The van der Waals surface area contributed by atoms with Crippen molar-refractivity contribution in [2.75, 3.05) is 31.1 Å². The number of anilines is 1. The zero-order valence-electron chi connectivity index (χ0n) is 21.1. The highest BCUT2D eigenvalue weighted by molar-refractivity contribution is 5.79. The van der Waals surface area contributed by atoms with Crippen LogP contribution in [0.5, 0.6) is 0 Å². The van der Waals surface area contributed by atoms with Gasteiger partial charge in [-0.1, -0.05) is 5.16 Å². The number of urea groups is 1. The van der Waals surface area contributed by atoms with E-state index in [1.165, 1.54) is 12.1 Å². The van der Waals surface area contributed by atoms with Crippen LogP contribution >= 0.6 is 0 Å². The van der Waals surface area contributed by atoms with Crippen LogP contribution in [0.2, 0.25) is 0 Å². The summed E-state index contributed by atoms with van der Waals surface area (Å²) in [6.07, 6.45) is -4.88. The highest BCUT2D eigenvalue weighted by Gasteiger charge is 2.38. The molecular formula is C23H25F6N7O4. The number of carboxylic acid groups (broad SMARTS) is 1. The second-order valence-electron chi connectivity index (χ2n) is 9.38. The molecule has 2 aromatic heterocycles. The molecule has 3 aromatic rings. The number of aromatic nitrogens is 4. The number of benzene rings is 1. The first-order valence-corrected chi connectivity index (χ1v) is 12.2. The van der Waals surface area contributed by atoms with Crippen molar-refractivity contribution < 1.29 is 45.6 Å². The zero-order chi connectivity index (χ0) is 29.2. The van der Waals surface area contributed by atoms with Gasteiger partial charge in [-0.25, -0.2) is 27.7 Å². The van der Waals surface area contributed by atoms with Gasteiger partial charge in [0, 0.05) is 52.1 Å². The van der Waals surface area contributed by atoms with Crippen molar-refractivity contribution in [3.63, 3.8) is 0 Å². The maximum Gasteiger partial charge on any atom is 0.490 e. The molecule has 11 nitrogen and oxygen atoms in total. The van der Waals surface area contributed by atoms with E-state index in [2.05, 4.69) is 20.4 Å². The van der Waals surface area contributed by atoms with E-state index in [4.69, 9.17) is 14.4 Å². The van der Waals surface area contributed by atoms with Crippen molar-refractivity contribution in [2.45, 2.75) is 43.8 Å². The SMILES string of the molecule is Cn1c(-c2noc(N3CCN(C(=O)NC4CCC(F)(F)CC4)CC3)n2)nc2ccc(F)cc21.O=C(O)C(F)(F)F. The molecular weight excluding hydrogens is 552 g/mol. The first kappa shape index (κ1) is 28.9. The van der Waals surface area contributed by atoms with Gasteiger partial charge in [0.25, 0.3) is 0 Å². The monoisotopic (exact) mass is 577 g/mol. The van der Waals surface area contributed by atoms with Crippen molar-refractivity contribution in [2.24, 2.45) is 7.05 Å². The molecule has 2 fully saturated rings. The molecule has 0 bridgehead atoms. The van der Waals surface area contributed by atoms with Gasteiger partial charge >= 0.3 is 24.2 Å². The van der Waals surface area contributed by atoms with Crippen LogP contribution in [0.4, 0.5) is 37.2 Å². The van der Waals surface area contributed by atoms with Crippen molar-refractivity contribution in [1.29, 1.82) is 0 Å². The minimum absolute atomic E-state index is 0.189. The number of aliphatic carboxylic acids is 1. The topological polar surface area (TPSA) is 130 Å². The summed E-state index contributed by atoms with van der Waals surface area (Å²) in [5, 5.41) is 14.0. The second kappa shape index (κ2) is 11.2. The number of nitrogens with zero attached hydrogens (tertiary/aromatic N) is 6. The van der Waals surface area contributed by atoms with Crippen molar-refractivity contribution in [3.8, 4) is 11.6 Å². The lowest BCUT2D eigenvalue weighted by atomic mass is 9.92. The summed E-state index contributed by atoms with van der Waals surface area (Å²) in [6.45, 7) is 1.87. The van der Waals surface area contributed by atoms with Crippen LogP contribution in [0, 0.1) is 5.82 Å². The molecule has 2 amide bonds. The number of nitrogens with one attached hydrogen (secondary N) is 1. The third-order valence-electron chi connectivity index (χ3n) is 6.58. The van der Waals surface area contributed by atoms with E-state index in [-0.39, 0.29) is 43.6 Å². The Hall–Kier alpha value is -4.05. The van der Waals surface area contributed by atoms with Crippen LogP contribution in [0.25, 0.3) is 22.7 Å². The number of piperazine rings is 1. The van der Waals surface area contributed by atoms with Gasteiger partial charge in [0.1, 0.15) is 5.82 Å². The minimum Gasteiger partial charge on any atom is -0.475 e. The maximum atomic E-state index is 13.6. The van der Waals surface area contributed by atoms with Crippen LogP contribution in [-0.2, 0) is 11.8 Å². The first-order chi connectivity index (χ1) is 18.7. The number of alkyl halides is 5.